The summed E-state index contributed by atoms with van der Waals surface area (Å²) < 4.78 is 10.4. The molecule has 0 aliphatic carbocycles. The van der Waals surface area contributed by atoms with E-state index in [0.29, 0.717) is 23.5 Å². The summed E-state index contributed by atoms with van der Waals surface area (Å²) in [4.78, 5) is 8.38. The van der Waals surface area contributed by atoms with Crippen LogP contribution in [0.5, 0.6) is 5.75 Å². The van der Waals surface area contributed by atoms with Crippen molar-refractivity contribution in [1.82, 2.24) is 20.4 Å². The van der Waals surface area contributed by atoms with Gasteiger partial charge in [0.05, 0.1) is 11.9 Å². The van der Waals surface area contributed by atoms with Gasteiger partial charge in [-0.15, -0.1) is 0 Å². The molecule has 0 bridgehead atoms. The third kappa shape index (κ3) is 4.33. The number of nitrogens with one attached hydrogen (secondary N) is 1. The van der Waals surface area contributed by atoms with Gasteiger partial charge < -0.3 is 14.6 Å². The third-order valence-electron chi connectivity index (χ3n) is 2.43. The molecule has 102 valence electrons. The van der Waals surface area contributed by atoms with Crippen molar-refractivity contribution in [3.05, 3.63) is 35.7 Å². The largest absolute Gasteiger partial charge is 0.484 e. The Balaban J connectivity index is 1.84. The number of hydrogen-bond donors (Lipinski definition) is 1. The van der Waals surface area contributed by atoms with Crippen molar-refractivity contribution in [3.8, 4) is 5.75 Å². The van der Waals surface area contributed by atoms with Gasteiger partial charge >= 0.3 is 0 Å². The normalized spacial score (nSPS) is 10.9. The molecule has 0 aliphatic rings. The van der Waals surface area contributed by atoms with E-state index in [-0.39, 0.29) is 6.61 Å². The van der Waals surface area contributed by atoms with Gasteiger partial charge in [0.2, 0.25) is 11.7 Å². The van der Waals surface area contributed by atoms with Crippen LogP contribution in [0.1, 0.15) is 31.3 Å². The van der Waals surface area contributed by atoms with Crippen LogP contribution in [-0.4, -0.2) is 21.2 Å². The van der Waals surface area contributed by atoms with Gasteiger partial charge in [0, 0.05) is 19.5 Å². The Morgan fingerprint density at radius 2 is 2.21 bits per heavy atom. The molecular formula is C13H18N4O2. The first-order valence-corrected chi connectivity index (χ1v) is 6.24. The summed E-state index contributed by atoms with van der Waals surface area (Å²) >= 11 is 0. The molecule has 0 radical (unpaired) electrons. The van der Waals surface area contributed by atoms with Crippen molar-refractivity contribution < 1.29 is 9.26 Å². The van der Waals surface area contributed by atoms with Crippen LogP contribution in [0.4, 0.5) is 0 Å². The van der Waals surface area contributed by atoms with Crippen molar-refractivity contribution in [2.45, 2.75) is 40.0 Å². The second-order valence-corrected chi connectivity index (χ2v) is 4.54. The minimum absolute atomic E-state index is 0.280. The lowest BCUT2D eigenvalue weighted by molar-refractivity contribution is 0.284. The fourth-order valence-electron chi connectivity index (χ4n) is 1.46. The molecule has 1 N–H and O–H groups in total. The Morgan fingerprint density at radius 3 is 2.79 bits per heavy atom. The Bertz CT molecular complexity index is 508. The van der Waals surface area contributed by atoms with Crippen molar-refractivity contribution in [1.29, 1.82) is 0 Å². The third-order valence-corrected chi connectivity index (χ3v) is 2.43. The number of aryl methyl sites for hydroxylation is 1. The van der Waals surface area contributed by atoms with Crippen LogP contribution in [0.15, 0.2) is 22.9 Å². The number of ether oxygens (including phenoxy) is 1. The predicted octanol–water partition coefficient (Wildman–Crippen LogP) is 1.85. The van der Waals surface area contributed by atoms with Gasteiger partial charge in [-0.25, -0.2) is 0 Å². The van der Waals surface area contributed by atoms with Gasteiger partial charge in [-0.05, 0) is 12.1 Å². The minimum atomic E-state index is 0.280. The topological polar surface area (TPSA) is 73.1 Å². The number of aromatic nitrogens is 3. The average Bonchev–Trinajstić information content (AvgIpc) is 2.81. The maximum Gasteiger partial charge on any atom is 0.223 e. The van der Waals surface area contributed by atoms with Crippen molar-refractivity contribution in [3.63, 3.8) is 0 Å². The second kappa shape index (κ2) is 6.29. The van der Waals surface area contributed by atoms with Crippen LogP contribution in [0, 0.1) is 6.92 Å². The fourth-order valence-corrected chi connectivity index (χ4v) is 1.46. The van der Waals surface area contributed by atoms with Crippen LogP contribution in [0.2, 0.25) is 0 Å². The second-order valence-electron chi connectivity index (χ2n) is 4.54. The van der Waals surface area contributed by atoms with Gasteiger partial charge in [-0.2, -0.15) is 4.98 Å². The summed E-state index contributed by atoms with van der Waals surface area (Å²) in [6, 6.07) is 4.27. The summed E-state index contributed by atoms with van der Waals surface area (Å²) in [7, 11) is 0. The zero-order chi connectivity index (χ0) is 13.7. The Morgan fingerprint density at radius 1 is 1.37 bits per heavy atom. The molecule has 0 aromatic carbocycles. The van der Waals surface area contributed by atoms with Crippen LogP contribution in [-0.2, 0) is 13.2 Å². The highest BCUT2D eigenvalue weighted by molar-refractivity contribution is 5.19. The van der Waals surface area contributed by atoms with Crippen molar-refractivity contribution in [2.24, 2.45) is 0 Å². The molecule has 2 aromatic heterocycles. The minimum Gasteiger partial charge on any atom is -0.484 e. The van der Waals surface area contributed by atoms with Crippen LogP contribution in [0.3, 0.4) is 0 Å². The molecule has 0 atom stereocenters. The maximum absolute atomic E-state index is 5.52. The van der Waals surface area contributed by atoms with Gasteiger partial charge in [-0.1, -0.05) is 19.0 Å². The van der Waals surface area contributed by atoms with E-state index in [0.717, 1.165) is 12.2 Å². The van der Waals surface area contributed by atoms with E-state index < -0.39 is 0 Å². The van der Waals surface area contributed by atoms with Gasteiger partial charge in [0.1, 0.15) is 5.75 Å². The number of pyridine rings is 1. The molecule has 19 heavy (non-hydrogen) atoms. The summed E-state index contributed by atoms with van der Waals surface area (Å²) in [5.74, 6) is 1.76. The first kappa shape index (κ1) is 13.5. The first-order valence-electron chi connectivity index (χ1n) is 6.24. The lowest BCUT2D eigenvalue weighted by Crippen LogP contribution is -2.22. The van der Waals surface area contributed by atoms with Gasteiger partial charge in [0.15, 0.2) is 6.61 Å². The number of rotatable bonds is 6. The van der Waals surface area contributed by atoms with Crippen molar-refractivity contribution in [2.75, 3.05) is 0 Å². The van der Waals surface area contributed by atoms with Gasteiger partial charge in [0.25, 0.3) is 0 Å². The smallest absolute Gasteiger partial charge is 0.223 e. The van der Waals surface area contributed by atoms with E-state index in [2.05, 4.69) is 34.3 Å². The molecule has 0 aliphatic heterocycles. The van der Waals surface area contributed by atoms with E-state index in [9.17, 15) is 0 Å². The molecule has 0 fully saturated rings. The SMILES string of the molecule is Cc1nc(COc2ccc(CNC(C)C)nc2)no1. The number of hydrogen-bond acceptors (Lipinski definition) is 6. The Labute approximate surface area is 112 Å². The lowest BCUT2D eigenvalue weighted by atomic mass is 10.3. The summed E-state index contributed by atoms with van der Waals surface area (Å²) in [5.41, 5.74) is 0.983. The molecular weight excluding hydrogens is 244 g/mol. The molecule has 0 spiro atoms. The molecule has 0 saturated carbocycles. The van der Waals surface area contributed by atoms with E-state index in [1.807, 2.05) is 12.1 Å². The van der Waals surface area contributed by atoms with Crippen LogP contribution >= 0.6 is 0 Å². The molecule has 2 heterocycles. The Hall–Kier alpha value is -1.95. The molecule has 0 amide bonds. The van der Waals surface area contributed by atoms with E-state index in [1.54, 1.807) is 13.1 Å². The zero-order valence-electron chi connectivity index (χ0n) is 11.4. The fraction of sp³-hybridized carbons (Fsp3) is 0.462. The quantitative estimate of drug-likeness (QED) is 0.856. The molecule has 2 aromatic rings. The first-order chi connectivity index (χ1) is 9.13. The molecule has 0 saturated heterocycles. The average molecular weight is 262 g/mol. The zero-order valence-corrected chi connectivity index (χ0v) is 11.4. The van der Waals surface area contributed by atoms with E-state index in [4.69, 9.17) is 9.26 Å². The monoisotopic (exact) mass is 262 g/mol. The highest BCUT2D eigenvalue weighted by Crippen LogP contribution is 2.11. The highest BCUT2D eigenvalue weighted by Gasteiger charge is 2.03. The molecule has 6 nitrogen and oxygen atoms in total. The number of nitrogens with zero attached hydrogens (tertiary/aromatic N) is 3. The maximum atomic E-state index is 5.52. The van der Waals surface area contributed by atoms with Crippen LogP contribution < -0.4 is 10.1 Å². The van der Waals surface area contributed by atoms with E-state index >= 15 is 0 Å². The summed E-state index contributed by atoms with van der Waals surface area (Å²) in [6.07, 6.45) is 1.70. The van der Waals surface area contributed by atoms with Crippen molar-refractivity contribution >= 4 is 0 Å². The van der Waals surface area contributed by atoms with E-state index in [1.165, 1.54) is 0 Å². The Kier molecular flexibility index (Phi) is 4.46. The summed E-state index contributed by atoms with van der Waals surface area (Å²) in [6.45, 7) is 6.98. The molecule has 6 heteroatoms. The summed E-state index contributed by atoms with van der Waals surface area (Å²) in [5, 5.41) is 7.06. The van der Waals surface area contributed by atoms with Gasteiger partial charge in [-0.3, -0.25) is 4.98 Å². The molecule has 0 unspecified atom stereocenters. The molecule has 2 rings (SSSR count). The van der Waals surface area contributed by atoms with Crippen LogP contribution in [0.25, 0.3) is 0 Å². The predicted molar refractivity (Wildman–Crippen MR) is 69.6 cm³/mol. The highest BCUT2D eigenvalue weighted by atomic mass is 16.5. The standard InChI is InChI=1S/C13H18N4O2/c1-9(2)14-6-11-4-5-12(7-15-11)18-8-13-16-10(3)19-17-13/h4-5,7,9,14H,6,8H2,1-3H3. The lowest BCUT2D eigenvalue weighted by Gasteiger charge is -2.08.